The lowest BCUT2D eigenvalue weighted by Crippen LogP contribution is -2.44. The van der Waals surface area contributed by atoms with Crippen LogP contribution in [0.3, 0.4) is 0 Å². The minimum atomic E-state index is -4.17. The van der Waals surface area contributed by atoms with Gasteiger partial charge in [0, 0.05) is 39.4 Å². The first kappa shape index (κ1) is 24.9. The van der Waals surface area contributed by atoms with E-state index < -0.39 is 20.7 Å². The van der Waals surface area contributed by atoms with Gasteiger partial charge in [0.05, 0.1) is 17.4 Å². The first-order valence-corrected chi connectivity index (χ1v) is 12.2. The SMILES string of the molecule is CO[C@H]1CN(C)C(=O)c2ccc(NS(=O)(=O)c3ccccc3F)cc2OC[C@H](C)NC[C@H]1C. The average Bonchev–Trinajstić information content (AvgIpc) is 2.78. The van der Waals surface area contributed by atoms with Gasteiger partial charge in [0.1, 0.15) is 23.1 Å². The van der Waals surface area contributed by atoms with Gasteiger partial charge in [-0.2, -0.15) is 0 Å². The number of carbonyl (C=O) groups excluding carboxylic acids is 1. The van der Waals surface area contributed by atoms with Gasteiger partial charge < -0.3 is 19.7 Å². The number of hydrogen-bond acceptors (Lipinski definition) is 6. The maximum atomic E-state index is 14.0. The molecule has 1 aliphatic rings. The second kappa shape index (κ2) is 10.5. The summed E-state index contributed by atoms with van der Waals surface area (Å²) >= 11 is 0. The predicted molar refractivity (Wildman–Crippen MR) is 124 cm³/mol. The van der Waals surface area contributed by atoms with Gasteiger partial charge in [-0.15, -0.1) is 0 Å². The fourth-order valence-electron chi connectivity index (χ4n) is 3.59. The highest BCUT2D eigenvalue weighted by Crippen LogP contribution is 2.28. The molecule has 1 amide bonds. The van der Waals surface area contributed by atoms with Crippen LogP contribution >= 0.6 is 0 Å². The summed E-state index contributed by atoms with van der Waals surface area (Å²) in [5.41, 5.74) is 0.449. The molecule has 8 nitrogen and oxygen atoms in total. The van der Waals surface area contributed by atoms with Gasteiger partial charge in [0.2, 0.25) is 0 Å². The molecule has 0 aromatic heterocycles. The van der Waals surface area contributed by atoms with Crippen LogP contribution in [0.25, 0.3) is 0 Å². The topological polar surface area (TPSA) is 97.0 Å². The number of ether oxygens (including phenoxy) is 2. The largest absolute Gasteiger partial charge is 0.491 e. The number of fused-ring (bicyclic) bond motifs is 1. The first-order valence-electron chi connectivity index (χ1n) is 10.7. The number of hydrogen-bond donors (Lipinski definition) is 2. The van der Waals surface area contributed by atoms with Gasteiger partial charge in [-0.05, 0) is 37.1 Å². The molecule has 2 aromatic carbocycles. The molecule has 0 fully saturated rings. The highest BCUT2D eigenvalue weighted by Gasteiger charge is 2.26. The number of carbonyl (C=O) groups is 1. The summed E-state index contributed by atoms with van der Waals surface area (Å²) in [7, 11) is -0.860. The van der Waals surface area contributed by atoms with Gasteiger partial charge in [0.15, 0.2) is 0 Å². The van der Waals surface area contributed by atoms with Crippen LogP contribution in [0.5, 0.6) is 5.75 Å². The third-order valence-corrected chi connectivity index (χ3v) is 7.02. The smallest absolute Gasteiger partial charge is 0.264 e. The molecule has 0 saturated heterocycles. The second-order valence-electron chi connectivity index (χ2n) is 8.30. The van der Waals surface area contributed by atoms with Gasteiger partial charge in [0.25, 0.3) is 15.9 Å². The molecule has 1 aliphatic heterocycles. The Morgan fingerprint density at radius 1 is 1.21 bits per heavy atom. The molecule has 1 heterocycles. The third kappa shape index (κ3) is 6.01. The van der Waals surface area contributed by atoms with E-state index in [0.29, 0.717) is 18.7 Å². The van der Waals surface area contributed by atoms with E-state index in [1.165, 1.54) is 36.4 Å². The number of amides is 1. The minimum Gasteiger partial charge on any atom is -0.491 e. The van der Waals surface area contributed by atoms with Crippen molar-refractivity contribution in [2.45, 2.75) is 30.9 Å². The Bertz CT molecular complexity index is 1100. The summed E-state index contributed by atoms with van der Waals surface area (Å²) < 4.78 is 53.3. The summed E-state index contributed by atoms with van der Waals surface area (Å²) in [6, 6.07) is 9.48. The number of methoxy groups -OCH3 is 1. The molecule has 3 atom stereocenters. The summed E-state index contributed by atoms with van der Waals surface area (Å²) in [4.78, 5) is 14.2. The lowest BCUT2D eigenvalue weighted by molar-refractivity contribution is 0.0281. The Morgan fingerprint density at radius 2 is 1.94 bits per heavy atom. The number of rotatable bonds is 4. The van der Waals surface area contributed by atoms with Crippen LogP contribution in [-0.2, 0) is 14.8 Å². The normalized spacial score (nSPS) is 22.5. The third-order valence-electron chi connectivity index (χ3n) is 5.61. The number of anilines is 1. The second-order valence-corrected chi connectivity index (χ2v) is 9.96. The molecule has 3 rings (SSSR count). The zero-order valence-corrected chi connectivity index (χ0v) is 20.0. The Balaban J connectivity index is 1.93. The van der Waals surface area contributed by atoms with Gasteiger partial charge >= 0.3 is 0 Å². The molecule has 2 N–H and O–H groups in total. The number of likely N-dealkylation sites (N-methyl/N-ethyl adjacent to an activating group) is 1. The number of sulfonamides is 1. The zero-order chi connectivity index (χ0) is 24.2. The van der Waals surface area contributed by atoms with E-state index in [-0.39, 0.29) is 42.0 Å². The van der Waals surface area contributed by atoms with Crippen molar-refractivity contribution in [2.24, 2.45) is 5.92 Å². The van der Waals surface area contributed by atoms with Gasteiger partial charge in [-0.1, -0.05) is 19.1 Å². The van der Waals surface area contributed by atoms with E-state index in [2.05, 4.69) is 17.0 Å². The summed E-state index contributed by atoms with van der Waals surface area (Å²) in [5, 5.41) is 3.39. The molecule has 0 bridgehead atoms. The van der Waals surface area contributed by atoms with E-state index in [4.69, 9.17) is 9.47 Å². The molecule has 0 saturated carbocycles. The fourth-order valence-corrected chi connectivity index (χ4v) is 4.72. The van der Waals surface area contributed by atoms with Crippen LogP contribution in [-0.4, -0.2) is 65.2 Å². The van der Waals surface area contributed by atoms with Crippen molar-refractivity contribution >= 4 is 21.6 Å². The minimum absolute atomic E-state index is 0.0242. The number of halogens is 1. The lowest BCUT2D eigenvalue weighted by atomic mass is 10.0. The lowest BCUT2D eigenvalue weighted by Gasteiger charge is -2.30. The Labute approximate surface area is 194 Å². The summed E-state index contributed by atoms with van der Waals surface area (Å²) in [6.07, 6.45) is -0.158. The van der Waals surface area contributed by atoms with Crippen LogP contribution in [0.2, 0.25) is 0 Å². The maximum Gasteiger partial charge on any atom is 0.264 e. The maximum absolute atomic E-state index is 14.0. The highest BCUT2D eigenvalue weighted by atomic mass is 32.2. The van der Waals surface area contributed by atoms with E-state index in [1.54, 1.807) is 19.1 Å². The molecule has 10 heteroatoms. The summed E-state index contributed by atoms with van der Waals surface area (Å²) in [6.45, 7) is 5.34. The standard InChI is InChI=1S/C23H30FN3O5S/c1-15-12-25-16(2)14-32-20-11-17(26-33(29,30)22-8-6-5-7-19(22)24)9-10-18(20)23(28)27(3)13-21(15)31-4/h5-11,15-16,21,25-26H,12-14H2,1-4H3/t15-,16+,21+/m1/s1. The van der Waals surface area contributed by atoms with Crippen molar-refractivity contribution in [1.29, 1.82) is 0 Å². The zero-order valence-electron chi connectivity index (χ0n) is 19.2. The quantitative estimate of drug-likeness (QED) is 0.700. The first-order chi connectivity index (χ1) is 15.6. The Kier molecular flexibility index (Phi) is 7.93. The molecule has 0 spiro atoms. The van der Waals surface area contributed by atoms with E-state index >= 15 is 0 Å². The van der Waals surface area contributed by atoms with Crippen molar-refractivity contribution in [2.75, 3.05) is 38.6 Å². The van der Waals surface area contributed by atoms with Crippen molar-refractivity contribution in [3.63, 3.8) is 0 Å². The van der Waals surface area contributed by atoms with Crippen molar-refractivity contribution < 1.29 is 27.1 Å². The molecule has 0 unspecified atom stereocenters. The van der Waals surface area contributed by atoms with Crippen molar-refractivity contribution in [1.82, 2.24) is 10.2 Å². The number of benzene rings is 2. The van der Waals surface area contributed by atoms with E-state index in [9.17, 15) is 17.6 Å². The monoisotopic (exact) mass is 479 g/mol. The molecule has 180 valence electrons. The fraction of sp³-hybridized carbons (Fsp3) is 0.435. The number of nitrogens with zero attached hydrogens (tertiary/aromatic N) is 1. The van der Waals surface area contributed by atoms with Crippen LogP contribution in [0.1, 0.15) is 24.2 Å². The van der Waals surface area contributed by atoms with E-state index in [1.807, 2.05) is 6.92 Å². The predicted octanol–water partition coefficient (Wildman–Crippen LogP) is 2.72. The van der Waals surface area contributed by atoms with Crippen LogP contribution in [0.4, 0.5) is 10.1 Å². The van der Waals surface area contributed by atoms with Crippen LogP contribution < -0.4 is 14.8 Å². The van der Waals surface area contributed by atoms with Gasteiger partial charge in [-0.3, -0.25) is 9.52 Å². The molecular weight excluding hydrogens is 449 g/mol. The highest BCUT2D eigenvalue weighted by molar-refractivity contribution is 7.92. The Morgan fingerprint density at radius 3 is 2.64 bits per heavy atom. The van der Waals surface area contributed by atoms with Crippen molar-refractivity contribution in [3.05, 3.63) is 53.8 Å². The number of nitrogens with one attached hydrogen (secondary N) is 2. The molecule has 0 aliphatic carbocycles. The molecule has 0 radical (unpaired) electrons. The Hall–Kier alpha value is -2.69. The summed E-state index contributed by atoms with van der Waals surface area (Å²) in [5.74, 6) is -0.728. The van der Waals surface area contributed by atoms with Crippen LogP contribution in [0.15, 0.2) is 47.4 Å². The van der Waals surface area contributed by atoms with Crippen LogP contribution in [0, 0.1) is 11.7 Å². The average molecular weight is 480 g/mol. The van der Waals surface area contributed by atoms with Gasteiger partial charge in [-0.25, -0.2) is 12.8 Å². The molecule has 33 heavy (non-hydrogen) atoms. The molecule has 2 aromatic rings. The van der Waals surface area contributed by atoms with Crippen molar-refractivity contribution in [3.8, 4) is 5.75 Å². The van der Waals surface area contributed by atoms with E-state index in [0.717, 1.165) is 6.07 Å². The molecular formula is C23H30FN3O5S.